The monoisotopic (exact) mass is 114 g/mol. The van der Waals surface area contributed by atoms with Crippen LogP contribution in [-0.4, -0.2) is 19.4 Å². The van der Waals surface area contributed by atoms with Gasteiger partial charge >= 0.3 is 0 Å². The topological polar surface area (TPSA) is 24.4 Å². The second kappa shape index (κ2) is 6.47. The summed E-state index contributed by atoms with van der Waals surface area (Å²) in [6.45, 7) is 6.07. The lowest BCUT2D eigenvalue weighted by atomic mass is 10.5. The molecule has 0 fully saturated rings. The van der Waals surface area contributed by atoms with Gasteiger partial charge in [-0.2, -0.15) is 0 Å². The zero-order valence-corrected chi connectivity index (χ0v) is 5.65. The first-order valence-electron chi connectivity index (χ1n) is 3.13. The van der Waals surface area contributed by atoms with Crippen molar-refractivity contribution >= 4 is 6.34 Å². The smallest absolute Gasteiger partial charge is 0.0823 e. The van der Waals surface area contributed by atoms with E-state index in [2.05, 4.69) is 24.2 Å². The van der Waals surface area contributed by atoms with Crippen molar-refractivity contribution in [2.24, 2.45) is 4.99 Å². The molecule has 8 heavy (non-hydrogen) atoms. The normalized spacial score (nSPS) is 10.2. The average Bonchev–Trinajstić information content (AvgIpc) is 1.81. The third kappa shape index (κ3) is 5.47. The van der Waals surface area contributed by atoms with Crippen LogP contribution in [0.1, 0.15) is 20.3 Å². The Balaban J connectivity index is 2.83. The van der Waals surface area contributed by atoms with E-state index in [-0.39, 0.29) is 0 Å². The van der Waals surface area contributed by atoms with Gasteiger partial charge in [0.05, 0.1) is 6.34 Å². The highest BCUT2D eigenvalue weighted by Gasteiger charge is 1.69. The van der Waals surface area contributed by atoms with E-state index < -0.39 is 0 Å². The maximum absolute atomic E-state index is 4.04. The zero-order valence-electron chi connectivity index (χ0n) is 5.65. The van der Waals surface area contributed by atoms with Crippen LogP contribution < -0.4 is 5.32 Å². The molecule has 1 N–H and O–H groups in total. The van der Waals surface area contributed by atoms with Crippen molar-refractivity contribution in [3.05, 3.63) is 0 Å². The van der Waals surface area contributed by atoms with E-state index in [4.69, 9.17) is 0 Å². The maximum Gasteiger partial charge on any atom is 0.0823 e. The second-order valence-corrected chi connectivity index (χ2v) is 1.59. The highest BCUT2D eigenvalue weighted by molar-refractivity contribution is 5.53. The van der Waals surface area contributed by atoms with E-state index in [1.54, 1.807) is 6.34 Å². The number of nitrogens with one attached hydrogen (secondary N) is 1. The zero-order chi connectivity index (χ0) is 6.24. The third-order valence-electron chi connectivity index (χ3n) is 0.739. The van der Waals surface area contributed by atoms with E-state index in [0.29, 0.717) is 0 Å². The van der Waals surface area contributed by atoms with Gasteiger partial charge in [0, 0.05) is 13.1 Å². The molecular formula is C6H14N2. The summed E-state index contributed by atoms with van der Waals surface area (Å²) in [5.74, 6) is 0. The SMILES string of the molecule is CCC/N=C\NCC. The van der Waals surface area contributed by atoms with Crippen LogP contribution >= 0.6 is 0 Å². The summed E-state index contributed by atoms with van der Waals surface area (Å²) in [6, 6.07) is 0. The van der Waals surface area contributed by atoms with Gasteiger partial charge in [-0.05, 0) is 13.3 Å². The molecule has 2 nitrogen and oxygen atoms in total. The van der Waals surface area contributed by atoms with E-state index in [1.165, 1.54) is 0 Å². The molecule has 0 radical (unpaired) electrons. The molecule has 0 unspecified atom stereocenters. The number of nitrogens with zero attached hydrogens (tertiary/aromatic N) is 1. The average molecular weight is 114 g/mol. The molecule has 0 saturated heterocycles. The van der Waals surface area contributed by atoms with Gasteiger partial charge in [0.1, 0.15) is 0 Å². The van der Waals surface area contributed by atoms with Crippen LogP contribution in [0.3, 0.4) is 0 Å². The van der Waals surface area contributed by atoms with Crippen molar-refractivity contribution in [3.8, 4) is 0 Å². The van der Waals surface area contributed by atoms with Gasteiger partial charge in [-0.3, -0.25) is 4.99 Å². The molecule has 0 saturated carbocycles. The van der Waals surface area contributed by atoms with E-state index >= 15 is 0 Å². The Morgan fingerprint density at radius 3 is 2.75 bits per heavy atom. The minimum Gasteiger partial charge on any atom is -0.377 e. The lowest BCUT2D eigenvalue weighted by Crippen LogP contribution is -2.08. The lowest BCUT2D eigenvalue weighted by Gasteiger charge is -1.88. The van der Waals surface area contributed by atoms with Gasteiger partial charge in [0.15, 0.2) is 0 Å². The van der Waals surface area contributed by atoms with Crippen molar-refractivity contribution < 1.29 is 0 Å². The fourth-order valence-corrected chi connectivity index (χ4v) is 0.349. The molecule has 0 aromatic heterocycles. The van der Waals surface area contributed by atoms with Crippen molar-refractivity contribution in [1.29, 1.82) is 0 Å². The highest BCUT2D eigenvalue weighted by Crippen LogP contribution is 1.72. The Kier molecular flexibility index (Phi) is 6.04. The van der Waals surface area contributed by atoms with Gasteiger partial charge < -0.3 is 5.32 Å². The number of hydrogen-bond acceptors (Lipinski definition) is 1. The van der Waals surface area contributed by atoms with Crippen LogP contribution in [-0.2, 0) is 0 Å². The van der Waals surface area contributed by atoms with E-state index in [0.717, 1.165) is 19.5 Å². The molecule has 2 heteroatoms. The highest BCUT2D eigenvalue weighted by atomic mass is 14.9. The molecule has 0 aliphatic rings. The fourth-order valence-electron chi connectivity index (χ4n) is 0.349. The molecule has 0 bridgehead atoms. The Morgan fingerprint density at radius 1 is 1.50 bits per heavy atom. The van der Waals surface area contributed by atoms with E-state index in [1.807, 2.05) is 0 Å². The molecular weight excluding hydrogens is 100 g/mol. The largest absolute Gasteiger partial charge is 0.377 e. The summed E-state index contributed by atoms with van der Waals surface area (Å²) in [5.41, 5.74) is 0. The molecule has 0 aliphatic carbocycles. The molecule has 0 aromatic rings. The van der Waals surface area contributed by atoms with Crippen LogP contribution in [0.5, 0.6) is 0 Å². The molecule has 0 aliphatic heterocycles. The first-order chi connectivity index (χ1) is 3.91. The number of rotatable bonds is 4. The standard InChI is InChI=1S/C6H14N2/c1-3-5-8-6-7-4-2/h6H,3-5H2,1-2H3,(H,7,8). The summed E-state index contributed by atoms with van der Waals surface area (Å²) in [5, 5.41) is 2.99. The van der Waals surface area contributed by atoms with Crippen molar-refractivity contribution in [2.75, 3.05) is 13.1 Å². The Hall–Kier alpha value is -0.530. The second-order valence-electron chi connectivity index (χ2n) is 1.59. The molecule has 0 rings (SSSR count). The van der Waals surface area contributed by atoms with Crippen LogP contribution in [0.15, 0.2) is 4.99 Å². The summed E-state index contributed by atoms with van der Waals surface area (Å²) >= 11 is 0. The Morgan fingerprint density at radius 2 is 2.25 bits per heavy atom. The van der Waals surface area contributed by atoms with Crippen molar-refractivity contribution in [3.63, 3.8) is 0 Å². The van der Waals surface area contributed by atoms with E-state index in [9.17, 15) is 0 Å². The third-order valence-corrected chi connectivity index (χ3v) is 0.739. The molecule has 0 amide bonds. The summed E-state index contributed by atoms with van der Waals surface area (Å²) in [4.78, 5) is 4.04. The van der Waals surface area contributed by atoms with Gasteiger partial charge in [0.25, 0.3) is 0 Å². The van der Waals surface area contributed by atoms with Crippen LogP contribution in [0.25, 0.3) is 0 Å². The van der Waals surface area contributed by atoms with Gasteiger partial charge in [0.2, 0.25) is 0 Å². The van der Waals surface area contributed by atoms with Crippen LogP contribution in [0.4, 0.5) is 0 Å². The molecule has 0 heterocycles. The Labute approximate surface area is 51.0 Å². The maximum atomic E-state index is 4.04. The molecule has 0 aromatic carbocycles. The quantitative estimate of drug-likeness (QED) is 0.428. The van der Waals surface area contributed by atoms with Gasteiger partial charge in [-0.1, -0.05) is 6.92 Å². The predicted molar refractivity (Wildman–Crippen MR) is 37.3 cm³/mol. The summed E-state index contributed by atoms with van der Waals surface area (Å²) in [7, 11) is 0. The van der Waals surface area contributed by atoms with Crippen LogP contribution in [0.2, 0.25) is 0 Å². The first-order valence-corrected chi connectivity index (χ1v) is 3.13. The molecule has 48 valence electrons. The van der Waals surface area contributed by atoms with Gasteiger partial charge in [-0.15, -0.1) is 0 Å². The minimum absolute atomic E-state index is 0.938. The molecule has 0 spiro atoms. The van der Waals surface area contributed by atoms with Gasteiger partial charge in [-0.25, -0.2) is 0 Å². The number of aliphatic imine (C=N–C) groups is 1. The van der Waals surface area contributed by atoms with Crippen LogP contribution in [0, 0.1) is 0 Å². The first kappa shape index (κ1) is 7.47. The van der Waals surface area contributed by atoms with Crippen molar-refractivity contribution in [2.45, 2.75) is 20.3 Å². The fraction of sp³-hybridized carbons (Fsp3) is 0.833. The molecule has 0 atom stereocenters. The predicted octanol–water partition coefficient (Wildman–Crippen LogP) is 1.03. The minimum atomic E-state index is 0.938. The lowest BCUT2D eigenvalue weighted by molar-refractivity contribution is 0.911. The Bertz CT molecular complexity index is 51.5. The number of hydrogen-bond donors (Lipinski definition) is 1. The van der Waals surface area contributed by atoms with Crippen molar-refractivity contribution in [1.82, 2.24) is 5.32 Å². The summed E-state index contributed by atoms with van der Waals surface area (Å²) in [6.07, 6.45) is 2.89. The summed E-state index contributed by atoms with van der Waals surface area (Å²) < 4.78 is 0.